The molecule has 0 unspecified atom stereocenters. The molecule has 1 N–H and O–H groups in total. The second-order valence-electron chi connectivity index (χ2n) is 7.15. The van der Waals surface area contributed by atoms with Crippen LogP contribution < -0.4 is 4.90 Å². The lowest BCUT2D eigenvalue weighted by Crippen LogP contribution is -2.45. The van der Waals surface area contributed by atoms with Crippen molar-refractivity contribution in [3.63, 3.8) is 0 Å². The van der Waals surface area contributed by atoms with E-state index in [4.69, 9.17) is 0 Å². The maximum atomic E-state index is 9.79. The summed E-state index contributed by atoms with van der Waals surface area (Å²) in [6, 6.07) is 6.33. The summed E-state index contributed by atoms with van der Waals surface area (Å²) in [6.45, 7) is 9.19. The van der Waals surface area contributed by atoms with Gasteiger partial charge < -0.3 is 10.0 Å². The molecule has 5 heteroatoms. The summed E-state index contributed by atoms with van der Waals surface area (Å²) in [5.74, 6) is 1.01. The van der Waals surface area contributed by atoms with Crippen LogP contribution in [0.3, 0.4) is 0 Å². The standard InChI is InChI=1S/C19H28N4O/c1-4-19(14-24)8-5-9-22(13-19)18-7-6-17(11-20-18)12-23-16(3)10-15(2)21-23/h6-7,10-11,24H,4-5,8-9,12-14H2,1-3H3/t19-/m1/s1. The van der Waals surface area contributed by atoms with E-state index in [1.165, 1.54) is 5.69 Å². The summed E-state index contributed by atoms with van der Waals surface area (Å²) in [6.07, 6.45) is 5.18. The van der Waals surface area contributed by atoms with E-state index < -0.39 is 0 Å². The Morgan fingerprint density at radius 3 is 2.71 bits per heavy atom. The van der Waals surface area contributed by atoms with Crippen molar-refractivity contribution in [2.24, 2.45) is 5.41 Å². The molecule has 0 aliphatic carbocycles. The highest BCUT2D eigenvalue weighted by molar-refractivity contribution is 5.40. The van der Waals surface area contributed by atoms with Gasteiger partial charge in [-0.2, -0.15) is 5.10 Å². The van der Waals surface area contributed by atoms with Crippen LogP contribution in [0, 0.1) is 19.3 Å². The molecular weight excluding hydrogens is 300 g/mol. The van der Waals surface area contributed by atoms with Crippen LogP contribution in [-0.2, 0) is 6.54 Å². The van der Waals surface area contributed by atoms with E-state index in [1.807, 2.05) is 17.8 Å². The van der Waals surface area contributed by atoms with Crippen LogP contribution in [0.1, 0.15) is 43.1 Å². The summed E-state index contributed by atoms with van der Waals surface area (Å²) in [5.41, 5.74) is 3.40. The molecule has 24 heavy (non-hydrogen) atoms. The molecule has 3 heterocycles. The number of piperidine rings is 1. The van der Waals surface area contributed by atoms with Crippen molar-refractivity contribution in [3.05, 3.63) is 41.3 Å². The molecule has 130 valence electrons. The Labute approximate surface area is 144 Å². The van der Waals surface area contributed by atoms with Gasteiger partial charge in [-0.3, -0.25) is 4.68 Å². The van der Waals surface area contributed by atoms with Gasteiger partial charge in [-0.05, 0) is 50.8 Å². The molecule has 0 amide bonds. The maximum absolute atomic E-state index is 9.79. The topological polar surface area (TPSA) is 54.2 Å². The van der Waals surface area contributed by atoms with E-state index in [-0.39, 0.29) is 12.0 Å². The second-order valence-corrected chi connectivity index (χ2v) is 7.15. The van der Waals surface area contributed by atoms with Crippen molar-refractivity contribution in [1.82, 2.24) is 14.8 Å². The highest BCUT2D eigenvalue weighted by atomic mass is 16.3. The zero-order chi connectivity index (χ0) is 17.2. The van der Waals surface area contributed by atoms with Crippen molar-refractivity contribution in [3.8, 4) is 0 Å². The van der Waals surface area contributed by atoms with Gasteiger partial charge in [0.15, 0.2) is 0 Å². The van der Waals surface area contributed by atoms with Crippen molar-refractivity contribution >= 4 is 5.82 Å². The number of aryl methyl sites for hydroxylation is 2. The molecule has 1 aliphatic heterocycles. The Hall–Kier alpha value is -1.88. The van der Waals surface area contributed by atoms with Gasteiger partial charge in [-0.15, -0.1) is 0 Å². The lowest BCUT2D eigenvalue weighted by Gasteiger charge is -2.42. The zero-order valence-electron chi connectivity index (χ0n) is 15.0. The van der Waals surface area contributed by atoms with Crippen LogP contribution in [0.25, 0.3) is 0 Å². The van der Waals surface area contributed by atoms with Crippen LogP contribution in [0.5, 0.6) is 0 Å². The molecule has 0 bridgehead atoms. The molecule has 0 spiro atoms. The van der Waals surface area contributed by atoms with E-state index in [2.05, 4.69) is 47.0 Å². The minimum Gasteiger partial charge on any atom is -0.396 e. The predicted molar refractivity (Wildman–Crippen MR) is 96.3 cm³/mol. The number of hydrogen-bond donors (Lipinski definition) is 1. The molecule has 2 aromatic heterocycles. The van der Waals surface area contributed by atoms with E-state index in [0.29, 0.717) is 0 Å². The fourth-order valence-electron chi connectivity index (χ4n) is 3.64. The molecule has 1 aliphatic rings. The van der Waals surface area contributed by atoms with Crippen LogP contribution >= 0.6 is 0 Å². The lowest BCUT2D eigenvalue weighted by molar-refractivity contribution is 0.101. The first-order valence-corrected chi connectivity index (χ1v) is 8.87. The summed E-state index contributed by atoms with van der Waals surface area (Å²) in [7, 11) is 0. The summed E-state index contributed by atoms with van der Waals surface area (Å²) in [4.78, 5) is 6.99. The number of nitrogens with zero attached hydrogens (tertiary/aromatic N) is 4. The first-order valence-electron chi connectivity index (χ1n) is 8.87. The third kappa shape index (κ3) is 3.46. The highest BCUT2D eigenvalue weighted by Crippen LogP contribution is 2.34. The van der Waals surface area contributed by atoms with Gasteiger partial charge in [0.05, 0.1) is 18.8 Å². The first-order chi connectivity index (χ1) is 11.5. The van der Waals surface area contributed by atoms with E-state index in [0.717, 1.165) is 56.0 Å². The Bertz CT molecular complexity index is 673. The van der Waals surface area contributed by atoms with Crippen molar-refractivity contribution in [1.29, 1.82) is 0 Å². The van der Waals surface area contributed by atoms with Gasteiger partial charge >= 0.3 is 0 Å². The van der Waals surface area contributed by atoms with Crippen molar-refractivity contribution in [2.75, 3.05) is 24.6 Å². The van der Waals surface area contributed by atoms with E-state index in [1.54, 1.807) is 0 Å². The van der Waals surface area contributed by atoms with Gasteiger partial charge in [0.2, 0.25) is 0 Å². The molecule has 3 rings (SSSR count). The normalized spacial score (nSPS) is 21.2. The van der Waals surface area contributed by atoms with Gasteiger partial charge in [-0.1, -0.05) is 13.0 Å². The SMILES string of the molecule is CC[C@@]1(CO)CCCN(c2ccc(Cn3nc(C)cc3C)cn2)C1. The first kappa shape index (κ1) is 17.0. The average Bonchev–Trinajstić information content (AvgIpc) is 2.92. The van der Waals surface area contributed by atoms with Gasteiger partial charge in [0.1, 0.15) is 5.82 Å². The van der Waals surface area contributed by atoms with Gasteiger partial charge in [0, 0.05) is 30.4 Å². The van der Waals surface area contributed by atoms with Gasteiger partial charge in [-0.25, -0.2) is 4.98 Å². The Morgan fingerprint density at radius 2 is 2.12 bits per heavy atom. The molecule has 1 saturated heterocycles. The number of hydrogen-bond acceptors (Lipinski definition) is 4. The minimum absolute atomic E-state index is 0.0301. The third-order valence-corrected chi connectivity index (χ3v) is 5.32. The van der Waals surface area contributed by atoms with Crippen LogP contribution in [-0.4, -0.2) is 39.6 Å². The quantitative estimate of drug-likeness (QED) is 0.917. The molecule has 0 saturated carbocycles. The Balaban J connectivity index is 1.71. The Morgan fingerprint density at radius 1 is 1.29 bits per heavy atom. The average molecular weight is 328 g/mol. The highest BCUT2D eigenvalue weighted by Gasteiger charge is 2.33. The summed E-state index contributed by atoms with van der Waals surface area (Å²) >= 11 is 0. The number of aromatic nitrogens is 3. The van der Waals surface area contributed by atoms with Crippen LogP contribution in [0.4, 0.5) is 5.82 Å². The molecule has 1 atom stereocenters. The summed E-state index contributed by atoms with van der Waals surface area (Å²) < 4.78 is 2.01. The molecule has 2 aromatic rings. The lowest BCUT2D eigenvalue weighted by atomic mass is 9.78. The smallest absolute Gasteiger partial charge is 0.128 e. The molecule has 0 aromatic carbocycles. The number of aliphatic hydroxyl groups is 1. The third-order valence-electron chi connectivity index (χ3n) is 5.32. The van der Waals surface area contributed by atoms with E-state index in [9.17, 15) is 5.11 Å². The second kappa shape index (κ2) is 6.93. The fourth-order valence-corrected chi connectivity index (χ4v) is 3.64. The molecule has 1 fully saturated rings. The number of pyridine rings is 1. The van der Waals surface area contributed by atoms with Gasteiger partial charge in [0.25, 0.3) is 0 Å². The van der Waals surface area contributed by atoms with Crippen molar-refractivity contribution < 1.29 is 5.11 Å². The van der Waals surface area contributed by atoms with Crippen LogP contribution in [0.2, 0.25) is 0 Å². The maximum Gasteiger partial charge on any atom is 0.128 e. The van der Waals surface area contributed by atoms with Crippen LogP contribution in [0.15, 0.2) is 24.4 Å². The Kier molecular flexibility index (Phi) is 4.90. The number of anilines is 1. The number of aliphatic hydroxyl groups excluding tert-OH is 1. The van der Waals surface area contributed by atoms with E-state index >= 15 is 0 Å². The largest absolute Gasteiger partial charge is 0.396 e. The predicted octanol–water partition coefficient (Wildman–Crippen LogP) is 2.93. The molecule has 0 radical (unpaired) electrons. The molecule has 5 nitrogen and oxygen atoms in total. The molecular formula is C19H28N4O. The fraction of sp³-hybridized carbons (Fsp3) is 0.579. The zero-order valence-corrected chi connectivity index (χ0v) is 15.0. The monoisotopic (exact) mass is 328 g/mol. The minimum atomic E-state index is 0.0301. The number of rotatable bonds is 5. The van der Waals surface area contributed by atoms with Crippen molar-refractivity contribution in [2.45, 2.75) is 46.6 Å². The summed E-state index contributed by atoms with van der Waals surface area (Å²) in [5, 5.41) is 14.3.